The minimum Gasteiger partial charge on any atom is -0.481 e. The van der Waals surface area contributed by atoms with Crippen LogP contribution in [0.15, 0.2) is 17.5 Å². The lowest BCUT2D eigenvalue weighted by Gasteiger charge is -2.37. The van der Waals surface area contributed by atoms with Crippen molar-refractivity contribution < 1.29 is 9.90 Å². The van der Waals surface area contributed by atoms with Gasteiger partial charge in [-0.05, 0) is 56.6 Å². The molecule has 3 rings (SSSR count). The molecule has 1 N–H and O–H groups in total. The van der Waals surface area contributed by atoms with Crippen molar-refractivity contribution in [1.82, 2.24) is 4.98 Å². The first-order valence-corrected chi connectivity index (χ1v) is 11.9. The van der Waals surface area contributed by atoms with Crippen molar-refractivity contribution in [2.75, 3.05) is 11.4 Å². The van der Waals surface area contributed by atoms with E-state index in [0.29, 0.717) is 6.54 Å². The number of carboxylic acid groups (broad SMARTS) is 1. The van der Waals surface area contributed by atoms with Crippen LogP contribution in [0.1, 0.15) is 68.3 Å². The molecule has 6 heteroatoms. The molecule has 1 fully saturated rings. The Hall–Kier alpha value is -1.40. The summed E-state index contributed by atoms with van der Waals surface area (Å²) < 4.78 is 0. The number of nitrogens with zero attached hydrogens (tertiary/aromatic N) is 2. The Morgan fingerprint density at radius 2 is 2.07 bits per heavy atom. The number of rotatable bonds is 8. The summed E-state index contributed by atoms with van der Waals surface area (Å²) in [6.45, 7) is 10.3. The number of hydrogen-bond donors (Lipinski definition) is 1. The summed E-state index contributed by atoms with van der Waals surface area (Å²) in [6, 6.07) is 4.26. The normalized spacial score (nSPS) is 22.5. The molecule has 2 heterocycles. The molecule has 0 aliphatic heterocycles. The number of thiazole rings is 1. The van der Waals surface area contributed by atoms with E-state index in [1.165, 1.54) is 41.1 Å². The van der Waals surface area contributed by atoms with Crippen LogP contribution in [0.3, 0.4) is 0 Å². The average Bonchev–Trinajstić information content (AvgIpc) is 3.28. The highest BCUT2D eigenvalue weighted by molar-refractivity contribution is 7.14. The van der Waals surface area contributed by atoms with Gasteiger partial charge in [-0.3, -0.25) is 4.79 Å². The van der Waals surface area contributed by atoms with E-state index in [-0.39, 0.29) is 11.8 Å². The molecule has 2 aromatic rings. The number of carbonyl (C=O) groups is 1. The molecule has 0 spiro atoms. The number of aromatic nitrogens is 1. The highest BCUT2D eigenvalue weighted by Crippen LogP contribution is 2.44. The summed E-state index contributed by atoms with van der Waals surface area (Å²) in [5, 5.41) is 12.3. The van der Waals surface area contributed by atoms with Gasteiger partial charge in [-0.15, -0.1) is 22.7 Å². The van der Waals surface area contributed by atoms with Gasteiger partial charge in [0.15, 0.2) is 5.13 Å². The van der Waals surface area contributed by atoms with Gasteiger partial charge >= 0.3 is 5.97 Å². The molecular weight excluding hydrogens is 388 g/mol. The van der Waals surface area contributed by atoms with Crippen LogP contribution in [0.4, 0.5) is 5.13 Å². The number of aliphatic carboxylic acids is 1. The van der Waals surface area contributed by atoms with Crippen molar-refractivity contribution in [3.8, 4) is 0 Å². The minimum atomic E-state index is -0.761. The van der Waals surface area contributed by atoms with E-state index in [1.807, 2.05) is 0 Å². The number of hydrogen-bond acceptors (Lipinski definition) is 5. The molecule has 1 aliphatic rings. The summed E-state index contributed by atoms with van der Waals surface area (Å²) >= 11 is 3.43. The Labute approximate surface area is 176 Å². The van der Waals surface area contributed by atoms with Crippen molar-refractivity contribution in [3.63, 3.8) is 0 Å². The van der Waals surface area contributed by atoms with Gasteiger partial charge in [0, 0.05) is 27.1 Å². The standard InChI is InChI=1S/C22H32N2O2S2/c1-15(2)17-7-10-22(4,11-8-17)19-14-27-21(23-19)24(12-9-20(25)26)13-18-6-5-16(3)28-18/h5-6,14-15,17H,7-13H2,1-4H3,(H,25,26). The molecule has 1 aliphatic carbocycles. The van der Waals surface area contributed by atoms with Crippen molar-refractivity contribution in [2.45, 2.75) is 71.8 Å². The molecule has 1 saturated carbocycles. The molecule has 0 unspecified atom stereocenters. The zero-order valence-electron chi connectivity index (χ0n) is 17.4. The first kappa shape index (κ1) is 21.3. The molecule has 0 amide bonds. The zero-order valence-corrected chi connectivity index (χ0v) is 19.0. The third-order valence-electron chi connectivity index (χ3n) is 6.20. The van der Waals surface area contributed by atoms with E-state index in [1.54, 1.807) is 22.7 Å². The Balaban J connectivity index is 1.74. The molecule has 0 saturated heterocycles. The molecule has 0 atom stereocenters. The molecule has 0 bridgehead atoms. The van der Waals surface area contributed by atoms with Crippen LogP contribution in [0.5, 0.6) is 0 Å². The summed E-state index contributed by atoms with van der Waals surface area (Å²) in [5.41, 5.74) is 1.34. The van der Waals surface area contributed by atoms with Gasteiger partial charge in [0.25, 0.3) is 0 Å². The minimum absolute atomic E-state index is 0.132. The van der Waals surface area contributed by atoms with E-state index in [9.17, 15) is 4.79 Å². The monoisotopic (exact) mass is 420 g/mol. The SMILES string of the molecule is Cc1ccc(CN(CCC(=O)O)c2nc(C3(C)CCC(C(C)C)CC3)cs2)s1. The predicted octanol–water partition coefficient (Wildman–Crippen LogP) is 6.10. The fraction of sp³-hybridized carbons (Fsp3) is 0.636. The summed E-state index contributed by atoms with van der Waals surface area (Å²) in [4.78, 5) is 20.8. The lowest BCUT2D eigenvalue weighted by atomic mass is 9.68. The third kappa shape index (κ3) is 5.15. The molecule has 28 heavy (non-hydrogen) atoms. The highest BCUT2D eigenvalue weighted by Gasteiger charge is 2.35. The second-order valence-corrected chi connectivity index (χ2v) is 10.9. The van der Waals surface area contributed by atoms with Crippen LogP contribution in [0, 0.1) is 18.8 Å². The number of aryl methyl sites for hydroxylation is 1. The van der Waals surface area contributed by atoms with Gasteiger partial charge < -0.3 is 10.0 Å². The number of thiophene rings is 1. The fourth-order valence-corrected chi connectivity index (χ4v) is 6.03. The van der Waals surface area contributed by atoms with Crippen LogP contribution >= 0.6 is 22.7 Å². The second kappa shape index (κ2) is 8.95. The molecular formula is C22H32N2O2S2. The number of anilines is 1. The topological polar surface area (TPSA) is 53.4 Å². The second-order valence-electron chi connectivity index (χ2n) is 8.74. The van der Waals surface area contributed by atoms with Gasteiger partial charge in [-0.2, -0.15) is 0 Å². The van der Waals surface area contributed by atoms with E-state index in [2.05, 4.69) is 50.1 Å². The average molecular weight is 421 g/mol. The summed E-state index contributed by atoms with van der Waals surface area (Å²) in [5.74, 6) is 0.833. The highest BCUT2D eigenvalue weighted by atomic mass is 32.1. The van der Waals surface area contributed by atoms with Crippen LogP contribution in [0.25, 0.3) is 0 Å². The van der Waals surface area contributed by atoms with E-state index in [4.69, 9.17) is 10.1 Å². The quantitative estimate of drug-likeness (QED) is 0.561. The van der Waals surface area contributed by atoms with Crippen LogP contribution in [-0.2, 0) is 16.8 Å². The smallest absolute Gasteiger partial charge is 0.305 e. The van der Waals surface area contributed by atoms with Gasteiger partial charge in [-0.25, -0.2) is 4.98 Å². The maximum atomic E-state index is 11.1. The molecule has 0 radical (unpaired) electrons. The van der Waals surface area contributed by atoms with Gasteiger partial charge in [0.05, 0.1) is 18.7 Å². The molecule has 154 valence electrons. The van der Waals surface area contributed by atoms with Crippen LogP contribution in [0.2, 0.25) is 0 Å². The zero-order chi connectivity index (χ0) is 20.3. The van der Waals surface area contributed by atoms with E-state index in [0.717, 1.165) is 23.5 Å². The molecule has 4 nitrogen and oxygen atoms in total. The Kier molecular flexibility index (Phi) is 6.81. The first-order valence-electron chi connectivity index (χ1n) is 10.2. The number of carboxylic acids is 1. The van der Waals surface area contributed by atoms with E-state index >= 15 is 0 Å². The summed E-state index contributed by atoms with van der Waals surface area (Å²) in [7, 11) is 0. The molecule has 2 aromatic heterocycles. The largest absolute Gasteiger partial charge is 0.481 e. The van der Waals surface area contributed by atoms with E-state index < -0.39 is 5.97 Å². The fourth-order valence-electron chi connectivity index (χ4n) is 4.12. The third-order valence-corrected chi connectivity index (χ3v) is 8.08. The molecule has 0 aromatic carbocycles. The summed E-state index contributed by atoms with van der Waals surface area (Å²) in [6.07, 6.45) is 5.07. The first-order chi connectivity index (χ1) is 13.3. The van der Waals surface area contributed by atoms with Crippen molar-refractivity contribution in [2.24, 2.45) is 11.8 Å². The Morgan fingerprint density at radius 3 is 2.64 bits per heavy atom. The lowest BCUT2D eigenvalue weighted by Crippen LogP contribution is -2.31. The lowest BCUT2D eigenvalue weighted by molar-refractivity contribution is -0.136. The predicted molar refractivity (Wildman–Crippen MR) is 119 cm³/mol. The van der Waals surface area contributed by atoms with Gasteiger partial charge in [-0.1, -0.05) is 20.8 Å². The van der Waals surface area contributed by atoms with Gasteiger partial charge in [0.1, 0.15) is 0 Å². The Bertz CT molecular complexity index is 788. The van der Waals surface area contributed by atoms with Crippen LogP contribution in [-0.4, -0.2) is 22.6 Å². The van der Waals surface area contributed by atoms with Crippen molar-refractivity contribution in [3.05, 3.63) is 33.0 Å². The Morgan fingerprint density at radius 1 is 1.36 bits per heavy atom. The van der Waals surface area contributed by atoms with Gasteiger partial charge in [0.2, 0.25) is 0 Å². The van der Waals surface area contributed by atoms with Crippen LogP contribution < -0.4 is 4.90 Å². The van der Waals surface area contributed by atoms with Crippen molar-refractivity contribution in [1.29, 1.82) is 0 Å². The maximum absolute atomic E-state index is 11.1. The maximum Gasteiger partial charge on any atom is 0.305 e. The van der Waals surface area contributed by atoms with Crippen molar-refractivity contribution >= 4 is 33.8 Å².